The van der Waals surface area contributed by atoms with Crippen LogP contribution in [0, 0.1) is 0 Å². The average molecular weight is 291 g/mol. The van der Waals surface area contributed by atoms with Crippen molar-refractivity contribution in [3.8, 4) is 0 Å². The van der Waals surface area contributed by atoms with Gasteiger partial charge in [-0.25, -0.2) is 5.06 Å². The molecule has 0 aliphatic rings. The first-order valence-electron chi connectivity index (χ1n) is 6.66. The Balaban J connectivity index is 4.03. The maximum Gasteiger partial charge on any atom is 0.274 e. The number of aliphatic hydroxyl groups excluding tert-OH is 1. The van der Waals surface area contributed by atoms with Crippen LogP contribution in [0.4, 0.5) is 0 Å². The van der Waals surface area contributed by atoms with Crippen LogP contribution in [0.3, 0.4) is 0 Å². The van der Waals surface area contributed by atoms with Crippen LogP contribution in [0.15, 0.2) is 0 Å². The molecular weight excluding hydrogens is 262 g/mol. The molecule has 1 N–H and O–H groups in total. The molecule has 0 aromatic heterocycles. The Labute approximate surface area is 118 Å². The van der Waals surface area contributed by atoms with Crippen molar-refractivity contribution in [2.75, 3.05) is 20.8 Å². The fourth-order valence-corrected chi connectivity index (χ4v) is 2.33. The Morgan fingerprint density at radius 3 is 2.32 bits per heavy atom. The Morgan fingerprint density at radius 2 is 1.89 bits per heavy atom. The Kier molecular flexibility index (Phi) is 7.21. The normalized spacial score (nSPS) is 14.3. The first kappa shape index (κ1) is 18.6. The molecule has 114 valence electrons. The minimum atomic E-state index is -1.73. The maximum absolute atomic E-state index is 11.5. The van der Waals surface area contributed by atoms with E-state index >= 15 is 0 Å². The van der Waals surface area contributed by atoms with E-state index in [0.717, 1.165) is 5.06 Å². The molecule has 0 aromatic carbocycles. The van der Waals surface area contributed by atoms with E-state index < -0.39 is 20.3 Å². The third-order valence-electron chi connectivity index (χ3n) is 3.76. The lowest BCUT2D eigenvalue weighted by atomic mass is 10.2. The molecule has 0 heterocycles. The molecule has 0 aliphatic carbocycles. The van der Waals surface area contributed by atoms with Crippen LogP contribution < -0.4 is 0 Å². The van der Waals surface area contributed by atoms with E-state index in [2.05, 4.69) is 33.9 Å². The molecule has 0 fully saturated rings. The molecule has 0 aliphatic heterocycles. The van der Waals surface area contributed by atoms with Crippen LogP contribution in [0.25, 0.3) is 0 Å². The number of hydrogen-bond donors (Lipinski definition) is 1. The van der Waals surface area contributed by atoms with Gasteiger partial charge in [0.15, 0.2) is 8.32 Å². The van der Waals surface area contributed by atoms with Gasteiger partial charge in [-0.3, -0.25) is 9.63 Å². The highest BCUT2D eigenvalue weighted by Gasteiger charge is 2.36. The average Bonchev–Trinajstić information content (AvgIpc) is 2.30. The van der Waals surface area contributed by atoms with Crippen LogP contribution >= 0.6 is 0 Å². The van der Waals surface area contributed by atoms with Gasteiger partial charge in [0.2, 0.25) is 0 Å². The summed E-state index contributed by atoms with van der Waals surface area (Å²) in [7, 11) is 1.14. The van der Waals surface area contributed by atoms with Crippen molar-refractivity contribution >= 4 is 14.2 Å². The number of nitrogens with zero attached hydrogens (tertiary/aromatic N) is 1. The van der Waals surface area contributed by atoms with Crippen molar-refractivity contribution < 1.29 is 19.2 Å². The quantitative estimate of drug-likeness (QED) is 0.444. The summed E-state index contributed by atoms with van der Waals surface area (Å²) >= 11 is 0. The Hall–Kier alpha value is -0.433. The van der Waals surface area contributed by atoms with E-state index in [1.54, 1.807) is 0 Å². The van der Waals surface area contributed by atoms with E-state index in [1.807, 2.05) is 0 Å². The van der Waals surface area contributed by atoms with Gasteiger partial charge in [-0.05, 0) is 31.0 Å². The summed E-state index contributed by atoms with van der Waals surface area (Å²) in [4.78, 5) is 16.3. The summed E-state index contributed by atoms with van der Waals surface area (Å²) in [6.45, 7) is 11.5. The van der Waals surface area contributed by atoms with E-state index in [0.29, 0.717) is 19.4 Å². The van der Waals surface area contributed by atoms with Crippen LogP contribution in [0.5, 0.6) is 0 Å². The van der Waals surface area contributed by atoms with Crippen LogP contribution in [0.1, 0.15) is 33.6 Å². The third kappa shape index (κ3) is 6.03. The highest BCUT2D eigenvalue weighted by atomic mass is 28.4. The number of rotatable bonds is 7. The molecule has 6 heteroatoms. The molecule has 0 unspecified atom stereocenters. The smallest absolute Gasteiger partial charge is 0.274 e. The second-order valence-corrected chi connectivity index (χ2v) is 11.1. The van der Waals surface area contributed by atoms with E-state index in [1.165, 1.54) is 14.2 Å². The molecule has 0 saturated carbocycles. The summed E-state index contributed by atoms with van der Waals surface area (Å²) in [5.41, 5.74) is 0. The number of carbonyl (C=O) groups excluding carboxylic acids is 1. The van der Waals surface area contributed by atoms with E-state index in [4.69, 9.17) is 9.26 Å². The number of hydroxylamine groups is 2. The topological polar surface area (TPSA) is 59.0 Å². The molecule has 19 heavy (non-hydrogen) atoms. The largest absolute Gasteiger partial charge is 0.417 e. The first-order valence-corrected chi connectivity index (χ1v) is 9.57. The van der Waals surface area contributed by atoms with Gasteiger partial charge in [0.1, 0.15) is 6.10 Å². The zero-order valence-corrected chi connectivity index (χ0v) is 14.3. The predicted molar refractivity (Wildman–Crippen MR) is 78.2 cm³/mol. The molecule has 0 bridgehead atoms. The van der Waals surface area contributed by atoms with E-state index in [-0.39, 0.29) is 5.04 Å². The molecule has 0 aromatic rings. The minimum Gasteiger partial charge on any atom is -0.417 e. The van der Waals surface area contributed by atoms with Crippen molar-refractivity contribution in [3.63, 3.8) is 0 Å². The lowest BCUT2D eigenvalue weighted by molar-refractivity contribution is -0.178. The lowest BCUT2D eigenvalue weighted by Gasteiger charge is -2.36. The molecule has 0 saturated heterocycles. The number of aliphatic hydroxyl groups is 1. The first-order chi connectivity index (χ1) is 8.53. The van der Waals surface area contributed by atoms with Gasteiger partial charge >= 0.3 is 0 Å². The fourth-order valence-electron chi connectivity index (χ4n) is 1.24. The van der Waals surface area contributed by atoms with Crippen LogP contribution in [-0.2, 0) is 14.1 Å². The molecule has 0 rings (SSSR count). The number of hydrogen-bond acceptors (Lipinski definition) is 4. The lowest BCUT2D eigenvalue weighted by Crippen LogP contribution is -2.41. The number of likely N-dealkylation sites (N-methyl/N-ethyl adjacent to an activating group) is 1. The molecule has 5 nitrogen and oxygen atoms in total. The molecule has 0 spiro atoms. The molecule has 0 radical (unpaired) electrons. The monoisotopic (exact) mass is 291 g/mol. The second kappa shape index (κ2) is 7.38. The zero-order valence-electron chi connectivity index (χ0n) is 13.3. The minimum absolute atomic E-state index is 0.178. The van der Waals surface area contributed by atoms with Gasteiger partial charge in [-0.2, -0.15) is 0 Å². The van der Waals surface area contributed by atoms with Crippen molar-refractivity contribution in [1.82, 2.24) is 5.06 Å². The SMILES string of the molecule is CON(C)C(=O)[C@@H](O)CCCO[Si](C)(C)C(C)(C)C. The van der Waals surface area contributed by atoms with Gasteiger partial charge in [0.25, 0.3) is 5.91 Å². The highest BCUT2D eigenvalue weighted by Crippen LogP contribution is 2.36. The van der Waals surface area contributed by atoms with Gasteiger partial charge in [0.05, 0.1) is 7.11 Å². The maximum atomic E-state index is 11.5. The van der Waals surface area contributed by atoms with Gasteiger partial charge in [-0.1, -0.05) is 20.8 Å². The van der Waals surface area contributed by atoms with Crippen molar-refractivity contribution in [2.24, 2.45) is 0 Å². The Bertz CT molecular complexity index is 289. The summed E-state index contributed by atoms with van der Waals surface area (Å²) in [5, 5.41) is 10.9. The van der Waals surface area contributed by atoms with Gasteiger partial charge in [-0.15, -0.1) is 0 Å². The summed E-state index contributed by atoms with van der Waals surface area (Å²) in [5.74, 6) is -0.421. The number of carbonyl (C=O) groups is 1. The second-order valence-electron chi connectivity index (χ2n) is 6.29. The fraction of sp³-hybridized carbons (Fsp3) is 0.923. The van der Waals surface area contributed by atoms with Crippen LogP contribution in [-0.4, -0.2) is 51.3 Å². The number of amides is 1. The summed E-state index contributed by atoms with van der Waals surface area (Å²) in [6, 6.07) is 0. The van der Waals surface area contributed by atoms with Crippen LogP contribution in [0.2, 0.25) is 18.1 Å². The van der Waals surface area contributed by atoms with Crippen molar-refractivity contribution in [1.29, 1.82) is 0 Å². The van der Waals surface area contributed by atoms with Gasteiger partial charge in [0, 0.05) is 13.7 Å². The standard InChI is InChI=1S/C13H29NO4Si/c1-13(2,3)19(6,7)18-10-8-9-11(15)12(16)14(4)17-5/h11,15H,8-10H2,1-7H3/t11-/m0/s1. The summed E-state index contributed by atoms with van der Waals surface area (Å²) < 4.78 is 5.98. The molecular formula is C13H29NO4Si. The molecule has 1 amide bonds. The van der Waals surface area contributed by atoms with E-state index in [9.17, 15) is 9.90 Å². The predicted octanol–water partition coefficient (Wildman–Crippen LogP) is 2.17. The zero-order chi connectivity index (χ0) is 15.3. The highest BCUT2D eigenvalue weighted by molar-refractivity contribution is 6.74. The van der Waals surface area contributed by atoms with Crippen molar-refractivity contribution in [3.05, 3.63) is 0 Å². The third-order valence-corrected chi connectivity index (χ3v) is 8.30. The van der Waals surface area contributed by atoms with Crippen molar-refractivity contribution in [2.45, 2.75) is 57.8 Å². The molecule has 1 atom stereocenters. The Morgan fingerprint density at radius 1 is 1.37 bits per heavy atom. The van der Waals surface area contributed by atoms with Gasteiger partial charge < -0.3 is 9.53 Å². The summed E-state index contributed by atoms with van der Waals surface area (Å²) in [6.07, 6.45) is 0.0333.